The number of piperazine rings is 1. The van der Waals surface area contributed by atoms with Gasteiger partial charge in [0.15, 0.2) is 5.82 Å². The van der Waals surface area contributed by atoms with Gasteiger partial charge in [0.25, 0.3) is 11.8 Å². The highest BCUT2D eigenvalue weighted by Crippen LogP contribution is 2.39. The molecular formula is C48H55ClN9O7P. The van der Waals surface area contributed by atoms with E-state index in [1.165, 1.54) is 6.20 Å². The molecule has 66 heavy (non-hydrogen) atoms. The third-order valence-corrected chi connectivity index (χ3v) is 13.6. The summed E-state index contributed by atoms with van der Waals surface area (Å²) in [6.45, 7) is 6.70. The zero-order chi connectivity index (χ0) is 46.8. The number of fused-ring (bicyclic) bond motifs is 1. The highest BCUT2D eigenvalue weighted by Gasteiger charge is 2.45. The van der Waals surface area contributed by atoms with E-state index < -0.39 is 36.8 Å². The SMILES string of the molecule is COc1cc(N2CCN(C(=O)CCCCCC#CCCCCNc3cccc4c3C(=O)N(C3CCC(=O)NC3=O)C4=O)CC2)ccc1Nc1ncc(Cl)c(Nc2ccccc2P(C)(C)=O)n1. The van der Waals surface area contributed by atoms with Crippen LogP contribution in [0.5, 0.6) is 5.75 Å². The molecule has 0 radical (unpaired) electrons. The number of ether oxygens (including phenoxy) is 1. The lowest BCUT2D eigenvalue weighted by Gasteiger charge is -2.36. The number of anilines is 6. The van der Waals surface area contributed by atoms with Crippen molar-refractivity contribution in [3.63, 3.8) is 0 Å². The summed E-state index contributed by atoms with van der Waals surface area (Å²) in [5.74, 6) is 5.86. The van der Waals surface area contributed by atoms with Crippen LogP contribution >= 0.6 is 18.7 Å². The summed E-state index contributed by atoms with van der Waals surface area (Å²) in [6.07, 6.45) is 8.09. The number of benzene rings is 3. The molecule has 0 spiro atoms. The fraction of sp³-hybridized carbons (Fsp3) is 0.396. The van der Waals surface area contributed by atoms with Crippen LogP contribution < -0.4 is 36.2 Å². The van der Waals surface area contributed by atoms with E-state index in [0.717, 1.165) is 55.5 Å². The second-order valence-corrected chi connectivity index (χ2v) is 20.3. The zero-order valence-electron chi connectivity index (χ0n) is 37.5. The molecule has 1 aromatic heterocycles. The van der Waals surface area contributed by atoms with Crippen molar-refractivity contribution < 1.29 is 33.3 Å². The third kappa shape index (κ3) is 11.5. The molecule has 2 fully saturated rings. The minimum absolute atomic E-state index is 0.0735. The number of nitrogens with one attached hydrogen (secondary N) is 4. The first kappa shape index (κ1) is 47.5. The zero-order valence-corrected chi connectivity index (χ0v) is 39.1. The van der Waals surface area contributed by atoms with Gasteiger partial charge < -0.3 is 35.1 Å². The number of amides is 5. The summed E-state index contributed by atoms with van der Waals surface area (Å²) in [7, 11) is -0.960. The van der Waals surface area contributed by atoms with Gasteiger partial charge in [-0.25, -0.2) is 4.98 Å². The molecule has 0 saturated carbocycles. The molecule has 7 rings (SSSR count). The number of rotatable bonds is 18. The molecular weight excluding hydrogens is 881 g/mol. The Morgan fingerprint density at radius 3 is 2.36 bits per heavy atom. The maximum absolute atomic E-state index is 13.3. The normalized spacial score (nSPS) is 16.1. The fourth-order valence-electron chi connectivity index (χ4n) is 8.23. The van der Waals surface area contributed by atoms with Crippen molar-refractivity contribution in [2.24, 2.45) is 0 Å². The first-order chi connectivity index (χ1) is 31.8. The predicted molar refractivity (Wildman–Crippen MR) is 257 cm³/mol. The highest BCUT2D eigenvalue weighted by atomic mass is 35.5. The summed E-state index contributed by atoms with van der Waals surface area (Å²) in [6, 6.07) is 17.3. The fourth-order valence-corrected chi connectivity index (χ4v) is 9.52. The number of halogens is 1. The van der Waals surface area contributed by atoms with Crippen LogP contribution in [-0.4, -0.2) is 109 Å². The maximum atomic E-state index is 13.3. The van der Waals surface area contributed by atoms with Crippen molar-refractivity contribution >= 4 is 88.1 Å². The van der Waals surface area contributed by atoms with E-state index in [9.17, 15) is 28.5 Å². The van der Waals surface area contributed by atoms with Crippen LogP contribution in [0.2, 0.25) is 5.02 Å². The van der Waals surface area contributed by atoms with Crippen molar-refractivity contribution in [3.05, 3.63) is 83.0 Å². The van der Waals surface area contributed by atoms with Crippen LogP contribution in [0.3, 0.4) is 0 Å². The molecule has 4 aromatic rings. The summed E-state index contributed by atoms with van der Waals surface area (Å²) in [5.41, 5.74) is 3.37. The number of hydrogen-bond donors (Lipinski definition) is 4. The van der Waals surface area contributed by atoms with Crippen molar-refractivity contribution in [2.75, 3.05) is 74.0 Å². The van der Waals surface area contributed by atoms with E-state index in [2.05, 4.69) is 48.0 Å². The number of carbonyl (C=O) groups is 5. The molecule has 4 N–H and O–H groups in total. The van der Waals surface area contributed by atoms with Crippen LogP contribution in [0.1, 0.15) is 84.9 Å². The first-order valence-corrected chi connectivity index (χ1v) is 25.3. The minimum Gasteiger partial charge on any atom is -0.494 e. The lowest BCUT2D eigenvalue weighted by atomic mass is 10.0. The summed E-state index contributed by atoms with van der Waals surface area (Å²) < 4.78 is 18.6. The van der Waals surface area contributed by atoms with Gasteiger partial charge in [-0.3, -0.25) is 34.2 Å². The van der Waals surface area contributed by atoms with E-state index in [0.29, 0.717) is 84.0 Å². The lowest BCUT2D eigenvalue weighted by Crippen LogP contribution is -2.54. The molecule has 3 aromatic carbocycles. The Bertz CT molecular complexity index is 2600. The van der Waals surface area contributed by atoms with Crippen molar-refractivity contribution in [2.45, 2.75) is 70.3 Å². The predicted octanol–water partition coefficient (Wildman–Crippen LogP) is 7.16. The van der Waals surface area contributed by atoms with Gasteiger partial charge in [-0.2, -0.15) is 4.98 Å². The van der Waals surface area contributed by atoms with Gasteiger partial charge >= 0.3 is 0 Å². The van der Waals surface area contributed by atoms with E-state index >= 15 is 0 Å². The largest absolute Gasteiger partial charge is 0.494 e. The summed E-state index contributed by atoms with van der Waals surface area (Å²) >= 11 is 6.46. The van der Waals surface area contributed by atoms with E-state index in [4.69, 9.17) is 16.3 Å². The van der Waals surface area contributed by atoms with Crippen LogP contribution in [0.15, 0.2) is 66.9 Å². The number of carbonyl (C=O) groups excluding carboxylic acids is 5. The number of nitrogens with zero attached hydrogens (tertiary/aromatic N) is 5. The monoisotopic (exact) mass is 935 g/mol. The number of para-hydroxylation sites is 1. The third-order valence-electron chi connectivity index (χ3n) is 11.7. The number of imide groups is 2. The Kier molecular flexibility index (Phi) is 15.6. The van der Waals surface area contributed by atoms with Gasteiger partial charge in [0.2, 0.25) is 23.7 Å². The second-order valence-electron chi connectivity index (χ2n) is 16.7. The molecule has 5 amide bonds. The van der Waals surface area contributed by atoms with Crippen LogP contribution in [-0.2, 0) is 18.9 Å². The molecule has 3 aliphatic heterocycles. The molecule has 16 nitrogen and oxygen atoms in total. The topological polar surface area (TPSA) is 195 Å². The maximum Gasteiger partial charge on any atom is 0.264 e. The Morgan fingerprint density at radius 2 is 1.62 bits per heavy atom. The average molecular weight is 936 g/mol. The Hall–Kier alpha value is -6.43. The lowest BCUT2D eigenvalue weighted by molar-refractivity contribution is -0.136. The molecule has 1 unspecified atom stereocenters. The Labute approximate surface area is 390 Å². The van der Waals surface area contributed by atoms with Gasteiger partial charge in [-0.15, -0.1) is 11.8 Å². The number of piperidine rings is 1. The van der Waals surface area contributed by atoms with Gasteiger partial charge in [-0.05, 0) is 81.8 Å². The molecule has 2 saturated heterocycles. The standard InChI is InChI=1S/C48H55ClN9O7P/c1-65-39-30-32(21-22-35(39)53-48-51-31-34(49)44(55-48)52-36-17-12-13-19-40(36)66(2,3)64)56-26-28-57(29-27-56)42(60)20-11-9-7-5-4-6-8-10-14-25-50-37-18-15-16-33-43(37)47(63)58(46(33)62)38-23-24-41(59)54-45(38)61/h12-13,15-19,21-22,30-31,38,50H,5,7-11,14,20,23-29H2,1-3H3,(H,54,59,61)(H2,51,52,53,55). The van der Waals surface area contributed by atoms with Crippen LogP contribution in [0.25, 0.3) is 0 Å². The number of unbranched alkanes of at least 4 members (excludes halogenated alkanes) is 5. The molecule has 346 valence electrons. The molecule has 0 aliphatic carbocycles. The van der Waals surface area contributed by atoms with Crippen molar-refractivity contribution in [3.8, 4) is 17.6 Å². The molecule has 0 bridgehead atoms. The smallest absolute Gasteiger partial charge is 0.264 e. The molecule has 3 aliphatic rings. The first-order valence-electron chi connectivity index (χ1n) is 22.3. The van der Waals surface area contributed by atoms with Gasteiger partial charge in [0, 0.05) is 81.2 Å². The van der Waals surface area contributed by atoms with Crippen molar-refractivity contribution in [1.82, 2.24) is 25.1 Å². The molecule has 4 heterocycles. The molecule has 18 heteroatoms. The quantitative estimate of drug-likeness (QED) is 0.0340. The van der Waals surface area contributed by atoms with Crippen LogP contribution in [0.4, 0.5) is 34.5 Å². The average Bonchev–Trinajstić information content (AvgIpc) is 3.56. The Balaban J connectivity index is 0.776. The van der Waals surface area contributed by atoms with Crippen molar-refractivity contribution in [1.29, 1.82) is 0 Å². The minimum atomic E-state index is -2.57. The Morgan fingerprint density at radius 1 is 0.879 bits per heavy atom. The van der Waals surface area contributed by atoms with E-state index in [-0.39, 0.29) is 29.9 Å². The van der Waals surface area contributed by atoms with E-state index in [1.807, 2.05) is 47.4 Å². The van der Waals surface area contributed by atoms with Gasteiger partial charge in [0.05, 0.1) is 35.8 Å². The number of aromatic nitrogens is 2. The highest BCUT2D eigenvalue weighted by molar-refractivity contribution is 7.70. The van der Waals surface area contributed by atoms with E-state index in [1.54, 1.807) is 38.6 Å². The molecule has 1 atom stereocenters. The van der Waals surface area contributed by atoms with Gasteiger partial charge in [-0.1, -0.05) is 36.2 Å². The summed E-state index contributed by atoms with van der Waals surface area (Å²) in [4.78, 5) is 77.5. The number of methoxy groups -OCH3 is 1. The van der Waals surface area contributed by atoms with Crippen LogP contribution in [0, 0.1) is 11.8 Å². The van der Waals surface area contributed by atoms with Gasteiger partial charge in [0.1, 0.15) is 24.0 Å². The summed E-state index contributed by atoms with van der Waals surface area (Å²) in [5, 5.41) is 13.0. The number of hydrogen-bond acceptors (Lipinski definition) is 13. The second kappa shape index (κ2) is 21.7.